The van der Waals surface area contributed by atoms with Gasteiger partial charge in [-0.3, -0.25) is 0 Å². The first-order valence-electron chi connectivity index (χ1n) is 10.3. The molecule has 0 radical (unpaired) electrons. The van der Waals surface area contributed by atoms with Gasteiger partial charge in [0.1, 0.15) is 17.2 Å². The number of benzene rings is 3. The second-order valence-electron chi connectivity index (χ2n) is 7.17. The van der Waals surface area contributed by atoms with Gasteiger partial charge in [-0.15, -0.1) is 0 Å². The lowest BCUT2D eigenvalue weighted by molar-refractivity contribution is -0.139. The van der Waals surface area contributed by atoms with E-state index in [1.54, 1.807) is 25.3 Å². The molecule has 1 N–H and O–H groups in total. The normalized spacial score (nSPS) is 10.7. The monoisotopic (exact) mass is 429 g/mol. The molecular formula is C26H23NO5. The SMILES string of the molecule is COc1ccc(OCC(=O)O)cc1CCc1nc(-c2ccccc2)c(-c2ccccc2)o1. The minimum atomic E-state index is -1.02. The van der Waals surface area contributed by atoms with E-state index in [1.807, 2.05) is 60.7 Å². The van der Waals surface area contributed by atoms with Crippen LogP contribution in [0.1, 0.15) is 11.5 Å². The van der Waals surface area contributed by atoms with E-state index in [0.29, 0.717) is 30.2 Å². The van der Waals surface area contributed by atoms with Gasteiger partial charge in [0.15, 0.2) is 18.3 Å². The molecule has 32 heavy (non-hydrogen) atoms. The van der Waals surface area contributed by atoms with Crippen LogP contribution in [0.25, 0.3) is 22.6 Å². The molecule has 0 saturated carbocycles. The second-order valence-corrected chi connectivity index (χ2v) is 7.17. The van der Waals surface area contributed by atoms with Crippen LogP contribution in [0.5, 0.6) is 11.5 Å². The lowest BCUT2D eigenvalue weighted by Crippen LogP contribution is -2.09. The predicted molar refractivity (Wildman–Crippen MR) is 121 cm³/mol. The van der Waals surface area contributed by atoms with Gasteiger partial charge >= 0.3 is 5.97 Å². The van der Waals surface area contributed by atoms with Crippen LogP contribution in [0.2, 0.25) is 0 Å². The molecule has 4 rings (SSSR count). The summed E-state index contributed by atoms with van der Waals surface area (Å²) < 4.78 is 17.0. The zero-order valence-electron chi connectivity index (χ0n) is 17.7. The minimum absolute atomic E-state index is 0.396. The number of rotatable bonds is 9. The Balaban J connectivity index is 1.61. The maximum Gasteiger partial charge on any atom is 0.341 e. The molecule has 1 heterocycles. The van der Waals surface area contributed by atoms with Crippen molar-refractivity contribution in [3.05, 3.63) is 90.3 Å². The number of carbonyl (C=O) groups is 1. The number of aryl methyl sites for hydroxylation is 2. The molecule has 162 valence electrons. The van der Waals surface area contributed by atoms with Crippen LogP contribution in [0.3, 0.4) is 0 Å². The Labute approximate surface area is 186 Å². The van der Waals surface area contributed by atoms with E-state index in [4.69, 9.17) is 24.0 Å². The van der Waals surface area contributed by atoms with Crippen LogP contribution < -0.4 is 9.47 Å². The Bertz CT molecular complexity index is 1130. The number of oxazole rings is 1. The number of aliphatic carboxylic acids is 1. The van der Waals surface area contributed by atoms with E-state index in [0.717, 1.165) is 28.1 Å². The molecule has 0 bridgehead atoms. The van der Waals surface area contributed by atoms with Gasteiger partial charge < -0.3 is 19.0 Å². The number of ether oxygens (including phenoxy) is 2. The highest BCUT2D eigenvalue weighted by atomic mass is 16.5. The van der Waals surface area contributed by atoms with Gasteiger partial charge in [-0.1, -0.05) is 60.7 Å². The fourth-order valence-corrected chi connectivity index (χ4v) is 3.47. The van der Waals surface area contributed by atoms with E-state index in [1.165, 1.54) is 0 Å². The Morgan fingerprint density at radius 1 is 0.938 bits per heavy atom. The van der Waals surface area contributed by atoms with Crippen molar-refractivity contribution >= 4 is 5.97 Å². The van der Waals surface area contributed by atoms with Gasteiger partial charge in [-0.05, 0) is 30.2 Å². The van der Waals surface area contributed by atoms with Crippen molar-refractivity contribution in [2.45, 2.75) is 12.8 Å². The zero-order valence-corrected chi connectivity index (χ0v) is 17.7. The lowest BCUT2D eigenvalue weighted by Gasteiger charge is -2.10. The van der Waals surface area contributed by atoms with Crippen LogP contribution in [0, 0.1) is 0 Å². The molecule has 0 saturated heterocycles. The molecule has 3 aromatic carbocycles. The maximum atomic E-state index is 10.8. The highest BCUT2D eigenvalue weighted by Crippen LogP contribution is 2.33. The van der Waals surface area contributed by atoms with E-state index >= 15 is 0 Å². The molecule has 0 unspecified atom stereocenters. The average Bonchev–Trinajstić information content (AvgIpc) is 3.27. The highest BCUT2D eigenvalue weighted by molar-refractivity contribution is 5.76. The van der Waals surface area contributed by atoms with Crippen molar-refractivity contribution < 1.29 is 23.8 Å². The van der Waals surface area contributed by atoms with Crippen molar-refractivity contribution in [2.24, 2.45) is 0 Å². The van der Waals surface area contributed by atoms with Crippen molar-refractivity contribution in [3.8, 4) is 34.1 Å². The first kappa shape index (κ1) is 21.2. The first-order valence-corrected chi connectivity index (χ1v) is 10.3. The fourth-order valence-electron chi connectivity index (χ4n) is 3.47. The maximum absolute atomic E-state index is 10.8. The average molecular weight is 429 g/mol. The zero-order chi connectivity index (χ0) is 22.3. The summed E-state index contributed by atoms with van der Waals surface area (Å²) in [7, 11) is 1.60. The Morgan fingerprint density at radius 2 is 1.62 bits per heavy atom. The van der Waals surface area contributed by atoms with Crippen LogP contribution in [0.4, 0.5) is 0 Å². The molecule has 0 spiro atoms. The third kappa shape index (κ3) is 4.98. The Hall–Kier alpha value is -4.06. The van der Waals surface area contributed by atoms with Crippen LogP contribution >= 0.6 is 0 Å². The third-order valence-corrected chi connectivity index (χ3v) is 4.98. The smallest absolute Gasteiger partial charge is 0.341 e. The van der Waals surface area contributed by atoms with Gasteiger partial charge in [0.25, 0.3) is 0 Å². The van der Waals surface area contributed by atoms with Gasteiger partial charge in [0.2, 0.25) is 0 Å². The molecule has 4 aromatic rings. The van der Waals surface area contributed by atoms with Gasteiger partial charge in [0.05, 0.1) is 7.11 Å². The quantitative estimate of drug-likeness (QED) is 0.391. The topological polar surface area (TPSA) is 81.8 Å². The summed E-state index contributed by atoms with van der Waals surface area (Å²) in [6.45, 7) is -0.396. The first-order chi connectivity index (χ1) is 15.6. The number of carboxylic acid groups (broad SMARTS) is 1. The summed E-state index contributed by atoms with van der Waals surface area (Å²) in [4.78, 5) is 15.6. The molecule has 0 atom stereocenters. The summed E-state index contributed by atoms with van der Waals surface area (Å²) in [6.07, 6.45) is 1.14. The van der Waals surface area contributed by atoms with Crippen molar-refractivity contribution in [1.29, 1.82) is 0 Å². The lowest BCUT2D eigenvalue weighted by atomic mass is 10.1. The second kappa shape index (κ2) is 9.83. The van der Waals surface area contributed by atoms with Gasteiger partial charge in [-0.2, -0.15) is 0 Å². The highest BCUT2D eigenvalue weighted by Gasteiger charge is 2.17. The Kier molecular flexibility index (Phi) is 6.51. The standard InChI is InChI=1S/C26H23NO5/c1-30-22-14-13-21(31-17-24(28)29)16-20(22)12-15-23-27-25(18-8-4-2-5-9-18)26(32-23)19-10-6-3-7-11-19/h2-11,13-14,16H,12,15,17H2,1H3,(H,28,29). The number of carboxylic acids is 1. The van der Waals surface area contributed by atoms with Crippen LogP contribution in [0.15, 0.2) is 83.3 Å². The summed E-state index contributed by atoms with van der Waals surface area (Å²) in [5, 5.41) is 8.84. The molecule has 6 nitrogen and oxygen atoms in total. The number of nitrogens with zero attached hydrogens (tertiary/aromatic N) is 1. The largest absolute Gasteiger partial charge is 0.496 e. The fraction of sp³-hybridized carbons (Fsp3) is 0.154. The number of aromatic nitrogens is 1. The number of hydrogen-bond acceptors (Lipinski definition) is 5. The van der Waals surface area contributed by atoms with E-state index < -0.39 is 12.6 Å². The van der Waals surface area contributed by atoms with E-state index in [-0.39, 0.29) is 0 Å². The summed E-state index contributed by atoms with van der Waals surface area (Å²) in [5.74, 6) is 1.50. The van der Waals surface area contributed by atoms with E-state index in [9.17, 15) is 4.79 Å². The van der Waals surface area contributed by atoms with Crippen molar-refractivity contribution in [1.82, 2.24) is 4.98 Å². The number of methoxy groups -OCH3 is 1. The summed E-state index contributed by atoms with van der Waals surface area (Å²) >= 11 is 0. The molecule has 0 aliphatic carbocycles. The molecular weight excluding hydrogens is 406 g/mol. The Morgan fingerprint density at radius 3 is 2.28 bits per heavy atom. The minimum Gasteiger partial charge on any atom is -0.496 e. The van der Waals surface area contributed by atoms with Gasteiger partial charge in [-0.25, -0.2) is 9.78 Å². The molecule has 0 amide bonds. The molecule has 1 aromatic heterocycles. The van der Waals surface area contributed by atoms with Crippen LogP contribution in [-0.2, 0) is 17.6 Å². The summed E-state index contributed by atoms with van der Waals surface area (Å²) in [6, 6.07) is 25.1. The van der Waals surface area contributed by atoms with Gasteiger partial charge in [0, 0.05) is 17.5 Å². The summed E-state index contributed by atoms with van der Waals surface area (Å²) in [5.41, 5.74) is 3.64. The molecule has 0 fully saturated rings. The van der Waals surface area contributed by atoms with Crippen molar-refractivity contribution in [2.75, 3.05) is 13.7 Å². The predicted octanol–water partition coefficient (Wildman–Crippen LogP) is 5.27. The van der Waals surface area contributed by atoms with Crippen LogP contribution in [-0.4, -0.2) is 29.8 Å². The molecule has 6 heteroatoms. The molecule has 0 aliphatic heterocycles. The number of hydrogen-bond donors (Lipinski definition) is 1. The third-order valence-electron chi connectivity index (χ3n) is 4.98. The molecule has 0 aliphatic rings. The van der Waals surface area contributed by atoms with E-state index in [2.05, 4.69) is 0 Å². The van der Waals surface area contributed by atoms with Crippen molar-refractivity contribution in [3.63, 3.8) is 0 Å².